The minimum absolute atomic E-state index is 0.0603. The molecule has 6 atom stereocenters. The topological polar surface area (TPSA) is 163 Å². The van der Waals surface area contributed by atoms with Crippen LogP contribution >= 0.6 is 11.6 Å². The molecule has 0 bridgehead atoms. The Labute approximate surface area is 226 Å². The number of carboxylic acid groups (broad SMARTS) is 1. The lowest BCUT2D eigenvalue weighted by atomic mass is 9.86. The summed E-state index contributed by atoms with van der Waals surface area (Å²) in [6.45, 7) is 0.299. The fourth-order valence-corrected chi connectivity index (χ4v) is 5.53. The zero-order valence-corrected chi connectivity index (χ0v) is 21.4. The molecule has 2 aromatic rings. The molecule has 39 heavy (non-hydrogen) atoms. The number of aromatic nitrogens is 3. The van der Waals surface area contributed by atoms with Crippen LogP contribution in [0.25, 0.3) is 11.3 Å². The van der Waals surface area contributed by atoms with Crippen LogP contribution in [-0.2, 0) is 9.57 Å². The second-order valence-corrected chi connectivity index (χ2v) is 10.4. The molecule has 3 aliphatic rings. The molecule has 1 amide bonds. The Morgan fingerprint density at radius 1 is 1.13 bits per heavy atom. The first-order valence-electron chi connectivity index (χ1n) is 12.6. The Morgan fingerprint density at radius 3 is 2.44 bits per heavy atom. The predicted octanol–water partition coefficient (Wildman–Crippen LogP) is 1.82. The molecule has 4 heterocycles. The van der Waals surface area contributed by atoms with Gasteiger partial charge >= 0.3 is 6.09 Å². The maximum atomic E-state index is 14.0. The number of carbonyl (C=O) groups is 1. The molecule has 15 heteroatoms. The summed E-state index contributed by atoms with van der Waals surface area (Å²) >= 11 is 5.55. The van der Waals surface area contributed by atoms with Crippen molar-refractivity contribution in [2.75, 3.05) is 19.7 Å². The number of aliphatic hydroxyl groups is 3. The summed E-state index contributed by atoms with van der Waals surface area (Å²) in [6, 6.07) is 0.902. The SMILES string of the molecule is O=C(O)N1CCC(C2=NOC(C[C@H]3O[C@H](CO)[C@H](O)[C@H](n4cc(-c5cc(F)c(Cl)c(F)c5)nn4)[C@H]3O)C2)CC1. The van der Waals surface area contributed by atoms with E-state index in [-0.39, 0.29) is 23.6 Å². The quantitative estimate of drug-likeness (QED) is 0.379. The van der Waals surface area contributed by atoms with Gasteiger partial charge in [-0.2, -0.15) is 0 Å². The number of benzene rings is 1. The molecule has 0 radical (unpaired) electrons. The van der Waals surface area contributed by atoms with Crippen molar-refractivity contribution < 1.29 is 43.6 Å². The number of halogens is 3. The van der Waals surface area contributed by atoms with Crippen LogP contribution in [-0.4, -0.2) is 102 Å². The number of amides is 1. The summed E-state index contributed by atoms with van der Waals surface area (Å²) in [5.74, 6) is -1.85. The highest BCUT2D eigenvalue weighted by Gasteiger charge is 2.47. The van der Waals surface area contributed by atoms with Gasteiger partial charge in [-0.25, -0.2) is 18.3 Å². The molecule has 12 nitrogen and oxygen atoms in total. The van der Waals surface area contributed by atoms with Gasteiger partial charge in [-0.3, -0.25) is 0 Å². The maximum Gasteiger partial charge on any atom is 0.407 e. The Bertz CT molecular complexity index is 1220. The van der Waals surface area contributed by atoms with Gasteiger partial charge in [0.1, 0.15) is 52.8 Å². The van der Waals surface area contributed by atoms with Crippen molar-refractivity contribution in [2.24, 2.45) is 11.1 Å². The van der Waals surface area contributed by atoms with E-state index < -0.39 is 65.9 Å². The molecule has 1 aromatic heterocycles. The van der Waals surface area contributed by atoms with Gasteiger partial charge < -0.3 is 34.9 Å². The Morgan fingerprint density at radius 2 is 1.79 bits per heavy atom. The number of ether oxygens (including phenoxy) is 1. The van der Waals surface area contributed by atoms with Crippen molar-refractivity contribution in [2.45, 2.75) is 62.2 Å². The van der Waals surface area contributed by atoms with Gasteiger partial charge in [0.05, 0.1) is 24.6 Å². The third-order valence-electron chi connectivity index (χ3n) is 7.57. The van der Waals surface area contributed by atoms with Gasteiger partial charge in [0.25, 0.3) is 0 Å². The van der Waals surface area contributed by atoms with Crippen molar-refractivity contribution in [3.63, 3.8) is 0 Å². The summed E-state index contributed by atoms with van der Waals surface area (Å²) in [7, 11) is 0. The monoisotopic (exact) mass is 571 g/mol. The molecule has 0 spiro atoms. The summed E-state index contributed by atoms with van der Waals surface area (Å²) < 4.78 is 34.9. The number of oxime groups is 1. The van der Waals surface area contributed by atoms with Crippen molar-refractivity contribution in [1.82, 2.24) is 19.9 Å². The van der Waals surface area contributed by atoms with E-state index in [1.165, 1.54) is 15.8 Å². The molecule has 0 saturated carbocycles. The van der Waals surface area contributed by atoms with Crippen molar-refractivity contribution in [3.8, 4) is 11.3 Å². The second-order valence-electron chi connectivity index (χ2n) is 10.00. The number of aliphatic hydroxyl groups excluding tert-OH is 3. The molecule has 3 aliphatic heterocycles. The highest BCUT2D eigenvalue weighted by atomic mass is 35.5. The minimum atomic E-state index is -1.37. The lowest BCUT2D eigenvalue weighted by Crippen LogP contribution is -2.56. The van der Waals surface area contributed by atoms with Gasteiger partial charge in [-0.1, -0.05) is 22.0 Å². The number of nitrogens with zero attached hydrogens (tertiary/aromatic N) is 5. The van der Waals surface area contributed by atoms with Crippen LogP contribution in [0, 0.1) is 17.6 Å². The van der Waals surface area contributed by atoms with Gasteiger partial charge in [0, 0.05) is 37.4 Å². The van der Waals surface area contributed by atoms with E-state index in [2.05, 4.69) is 15.5 Å². The number of hydrogen-bond donors (Lipinski definition) is 4. The first kappa shape index (κ1) is 27.6. The largest absolute Gasteiger partial charge is 0.465 e. The number of likely N-dealkylation sites (tertiary alicyclic amines) is 1. The first-order chi connectivity index (χ1) is 18.7. The van der Waals surface area contributed by atoms with E-state index in [4.69, 9.17) is 26.3 Å². The average molecular weight is 572 g/mol. The van der Waals surface area contributed by atoms with E-state index in [9.17, 15) is 28.9 Å². The van der Waals surface area contributed by atoms with Crippen LogP contribution in [0.1, 0.15) is 31.7 Å². The van der Waals surface area contributed by atoms with E-state index in [1.807, 2.05) is 0 Å². The van der Waals surface area contributed by atoms with Gasteiger partial charge in [-0.05, 0) is 25.0 Å². The average Bonchev–Trinajstić information content (AvgIpc) is 3.59. The minimum Gasteiger partial charge on any atom is -0.465 e. The second kappa shape index (κ2) is 11.3. The molecule has 4 N–H and O–H groups in total. The molecule has 212 valence electrons. The van der Waals surface area contributed by atoms with Crippen molar-refractivity contribution in [1.29, 1.82) is 0 Å². The highest BCUT2D eigenvalue weighted by molar-refractivity contribution is 6.31. The van der Waals surface area contributed by atoms with E-state index in [1.54, 1.807) is 0 Å². The fourth-order valence-electron chi connectivity index (χ4n) is 5.43. The predicted molar refractivity (Wildman–Crippen MR) is 131 cm³/mol. The molecule has 1 aromatic carbocycles. The third kappa shape index (κ3) is 5.57. The highest BCUT2D eigenvalue weighted by Crippen LogP contribution is 2.35. The molecule has 5 rings (SSSR count). The molecule has 2 saturated heterocycles. The molecular formula is C24H28ClF2N5O7. The molecule has 2 fully saturated rings. The van der Waals surface area contributed by atoms with E-state index in [0.29, 0.717) is 32.4 Å². The van der Waals surface area contributed by atoms with Gasteiger partial charge in [0.2, 0.25) is 0 Å². The van der Waals surface area contributed by atoms with Crippen LogP contribution < -0.4 is 0 Å². The lowest BCUT2D eigenvalue weighted by molar-refractivity contribution is -0.212. The first-order valence-corrected chi connectivity index (χ1v) is 12.9. The smallest absolute Gasteiger partial charge is 0.407 e. The lowest BCUT2D eigenvalue weighted by Gasteiger charge is -2.42. The van der Waals surface area contributed by atoms with Crippen molar-refractivity contribution >= 4 is 23.4 Å². The molecular weight excluding hydrogens is 544 g/mol. The van der Waals surface area contributed by atoms with E-state index in [0.717, 1.165) is 17.8 Å². The van der Waals surface area contributed by atoms with Crippen molar-refractivity contribution in [3.05, 3.63) is 35.0 Å². The number of piperidine rings is 1. The zero-order valence-electron chi connectivity index (χ0n) is 20.6. The fraction of sp³-hybridized carbons (Fsp3) is 0.583. The summed E-state index contributed by atoms with van der Waals surface area (Å²) in [5.41, 5.74) is 0.970. The van der Waals surface area contributed by atoms with Crippen LogP contribution in [0.4, 0.5) is 13.6 Å². The molecule has 1 unspecified atom stereocenters. The Balaban J connectivity index is 1.27. The van der Waals surface area contributed by atoms with Crippen LogP contribution in [0.3, 0.4) is 0 Å². The summed E-state index contributed by atoms with van der Waals surface area (Å²) in [5, 5.41) is 52.4. The Kier molecular flexibility index (Phi) is 8.01. The van der Waals surface area contributed by atoms with E-state index >= 15 is 0 Å². The van der Waals surface area contributed by atoms with Crippen LogP contribution in [0.2, 0.25) is 5.02 Å². The summed E-state index contributed by atoms with van der Waals surface area (Å²) in [6.07, 6.45) is -2.70. The maximum absolute atomic E-state index is 14.0. The standard InChI is InChI=1S/C24H28ClF2N5O7/c25-20-14(26)5-12(6-15(20)27)17-9-32(30-28-17)21-22(34)18(38-19(10-33)23(21)35)8-13-7-16(29-39-13)11-1-3-31(4-2-11)24(36)37/h5-6,9,11,13,18-19,21-23,33-35H,1-4,7-8,10H2,(H,36,37)/t13?,18-,19-,21-,22+,23+/m1/s1. The summed E-state index contributed by atoms with van der Waals surface area (Å²) in [4.78, 5) is 18.1. The number of rotatable bonds is 6. The zero-order chi connectivity index (χ0) is 27.8. The molecule has 0 aliphatic carbocycles. The van der Waals surface area contributed by atoms with Gasteiger partial charge in [0.15, 0.2) is 0 Å². The van der Waals surface area contributed by atoms with Crippen LogP contribution in [0.5, 0.6) is 0 Å². The van der Waals surface area contributed by atoms with Crippen LogP contribution in [0.15, 0.2) is 23.5 Å². The number of hydrogen-bond acceptors (Lipinski definition) is 9. The third-order valence-corrected chi connectivity index (χ3v) is 7.94. The normalized spacial score (nSPS) is 29.8. The van der Waals surface area contributed by atoms with Gasteiger partial charge in [-0.15, -0.1) is 5.10 Å². The Hall–Kier alpha value is -2.91.